The van der Waals surface area contributed by atoms with Crippen LogP contribution in [0, 0.1) is 0 Å². The van der Waals surface area contributed by atoms with Gasteiger partial charge in [0, 0.05) is 19.8 Å². The first-order valence-electron chi connectivity index (χ1n) is 5.17. The van der Waals surface area contributed by atoms with Gasteiger partial charge in [-0.05, 0) is 18.2 Å². The number of nitrogens with zero attached hydrogens (tertiary/aromatic N) is 3. The van der Waals surface area contributed by atoms with E-state index in [9.17, 15) is 4.79 Å². The second kappa shape index (κ2) is 4.75. The molecule has 0 radical (unpaired) electrons. The number of hydrogen-bond donors (Lipinski definition) is 2. The first kappa shape index (κ1) is 11.3. The van der Waals surface area contributed by atoms with Crippen LogP contribution in [0.25, 0.3) is 5.69 Å². The van der Waals surface area contributed by atoms with Gasteiger partial charge in [0.25, 0.3) is 5.91 Å². The minimum atomic E-state index is -0.213. The molecule has 2 heterocycles. The Kier molecular flexibility index (Phi) is 3.15. The van der Waals surface area contributed by atoms with Crippen LogP contribution in [0.4, 0.5) is 0 Å². The van der Waals surface area contributed by atoms with Gasteiger partial charge in [-0.25, -0.2) is 4.68 Å². The molecule has 2 aromatic heterocycles. The molecule has 0 spiro atoms. The molecule has 2 aromatic rings. The SMILES string of the molecule is CNC(=O)c1ccn(-c2ccc(CN)nc2)n1. The summed E-state index contributed by atoms with van der Waals surface area (Å²) in [6, 6.07) is 5.34. The van der Waals surface area contributed by atoms with Gasteiger partial charge in [0.2, 0.25) is 0 Å². The molecule has 6 nitrogen and oxygen atoms in total. The molecule has 1 amide bonds. The first-order valence-corrected chi connectivity index (χ1v) is 5.17. The lowest BCUT2D eigenvalue weighted by atomic mass is 10.3. The first-order chi connectivity index (χ1) is 8.24. The second-order valence-electron chi connectivity index (χ2n) is 3.44. The van der Waals surface area contributed by atoms with Crippen molar-refractivity contribution < 1.29 is 4.79 Å². The van der Waals surface area contributed by atoms with Gasteiger partial charge in [0.1, 0.15) is 0 Å². The third-order valence-corrected chi connectivity index (χ3v) is 2.33. The molecule has 88 valence electrons. The summed E-state index contributed by atoms with van der Waals surface area (Å²) in [6.07, 6.45) is 3.38. The molecule has 0 unspecified atom stereocenters. The maximum absolute atomic E-state index is 11.3. The highest BCUT2D eigenvalue weighted by Gasteiger charge is 2.07. The van der Waals surface area contributed by atoms with Crippen LogP contribution in [-0.2, 0) is 6.54 Å². The van der Waals surface area contributed by atoms with E-state index in [0.29, 0.717) is 12.2 Å². The molecule has 2 rings (SSSR count). The maximum Gasteiger partial charge on any atom is 0.271 e. The minimum absolute atomic E-state index is 0.213. The van der Waals surface area contributed by atoms with Gasteiger partial charge in [0.05, 0.1) is 17.6 Å². The minimum Gasteiger partial charge on any atom is -0.354 e. The highest BCUT2D eigenvalue weighted by atomic mass is 16.1. The zero-order valence-electron chi connectivity index (χ0n) is 9.42. The fourth-order valence-electron chi connectivity index (χ4n) is 1.39. The maximum atomic E-state index is 11.3. The van der Waals surface area contributed by atoms with Gasteiger partial charge in [-0.1, -0.05) is 0 Å². The lowest BCUT2D eigenvalue weighted by Crippen LogP contribution is -2.18. The van der Waals surface area contributed by atoms with Crippen molar-refractivity contribution in [2.24, 2.45) is 5.73 Å². The Bertz CT molecular complexity index is 517. The molecular formula is C11H13N5O. The Balaban J connectivity index is 2.27. The van der Waals surface area contributed by atoms with Crippen molar-refractivity contribution in [3.05, 3.63) is 42.0 Å². The van der Waals surface area contributed by atoms with Crippen LogP contribution in [0.1, 0.15) is 16.2 Å². The molecular weight excluding hydrogens is 218 g/mol. The Morgan fingerprint density at radius 3 is 2.88 bits per heavy atom. The molecule has 0 aromatic carbocycles. The van der Waals surface area contributed by atoms with Crippen molar-refractivity contribution in [3.63, 3.8) is 0 Å². The third kappa shape index (κ3) is 2.31. The average Bonchev–Trinajstić information content (AvgIpc) is 2.87. The van der Waals surface area contributed by atoms with Crippen molar-refractivity contribution >= 4 is 5.91 Å². The molecule has 0 fully saturated rings. The van der Waals surface area contributed by atoms with E-state index in [0.717, 1.165) is 11.4 Å². The van der Waals surface area contributed by atoms with Crippen LogP contribution in [-0.4, -0.2) is 27.7 Å². The Morgan fingerprint density at radius 1 is 1.47 bits per heavy atom. The average molecular weight is 231 g/mol. The van der Waals surface area contributed by atoms with E-state index in [1.165, 1.54) is 0 Å². The Morgan fingerprint density at radius 2 is 2.29 bits per heavy atom. The van der Waals surface area contributed by atoms with Gasteiger partial charge < -0.3 is 11.1 Å². The third-order valence-electron chi connectivity index (χ3n) is 2.33. The summed E-state index contributed by atoms with van der Waals surface area (Å²) in [7, 11) is 1.57. The van der Waals surface area contributed by atoms with Gasteiger partial charge in [-0.2, -0.15) is 5.10 Å². The van der Waals surface area contributed by atoms with Crippen molar-refractivity contribution in [2.75, 3.05) is 7.05 Å². The van der Waals surface area contributed by atoms with Crippen molar-refractivity contribution in [1.82, 2.24) is 20.1 Å². The quantitative estimate of drug-likeness (QED) is 0.783. The van der Waals surface area contributed by atoms with Gasteiger partial charge in [-0.15, -0.1) is 0 Å². The van der Waals surface area contributed by atoms with Crippen LogP contribution in [0.3, 0.4) is 0 Å². The number of carbonyl (C=O) groups excluding carboxylic acids is 1. The number of hydrogen-bond acceptors (Lipinski definition) is 4. The zero-order chi connectivity index (χ0) is 12.3. The summed E-state index contributed by atoms with van der Waals surface area (Å²) < 4.78 is 1.60. The molecule has 17 heavy (non-hydrogen) atoms. The van der Waals surface area contributed by atoms with Crippen LogP contribution in [0.5, 0.6) is 0 Å². The molecule has 0 aliphatic carbocycles. The standard InChI is InChI=1S/C11H13N5O/c1-13-11(17)10-4-5-16(15-10)9-3-2-8(6-12)14-7-9/h2-5,7H,6,12H2,1H3,(H,13,17). The van der Waals surface area contributed by atoms with Gasteiger partial charge in [-0.3, -0.25) is 9.78 Å². The van der Waals surface area contributed by atoms with Crippen LogP contribution < -0.4 is 11.1 Å². The second-order valence-corrected chi connectivity index (χ2v) is 3.44. The molecule has 0 aliphatic rings. The monoisotopic (exact) mass is 231 g/mol. The molecule has 3 N–H and O–H groups in total. The summed E-state index contributed by atoms with van der Waals surface area (Å²) in [4.78, 5) is 15.5. The van der Waals surface area contributed by atoms with Crippen LogP contribution in [0.15, 0.2) is 30.6 Å². The summed E-state index contributed by atoms with van der Waals surface area (Å²) in [6.45, 7) is 0.406. The van der Waals surface area contributed by atoms with E-state index in [1.807, 2.05) is 12.1 Å². The van der Waals surface area contributed by atoms with Gasteiger partial charge in [0.15, 0.2) is 5.69 Å². The van der Waals surface area contributed by atoms with E-state index in [1.54, 1.807) is 30.2 Å². The summed E-state index contributed by atoms with van der Waals surface area (Å²) in [5.41, 5.74) is 7.43. The summed E-state index contributed by atoms with van der Waals surface area (Å²) >= 11 is 0. The molecule has 0 saturated heterocycles. The fourth-order valence-corrected chi connectivity index (χ4v) is 1.39. The highest BCUT2D eigenvalue weighted by Crippen LogP contribution is 2.07. The normalized spacial score (nSPS) is 10.2. The Labute approximate surface area is 98.5 Å². The number of nitrogens with one attached hydrogen (secondary N) is 1. The van der Waals surface area contributed by atoms with E-state index < -0.39 is 0 Å². The fraction of sp³-hybridized carbons (Fsp3) is 0.182. The van der Waals surface area contributed by atoms with Crippen molar-refractivity contribution in [3.8, 4) is 5.69 Å². The smallest absolute Gasteiger partial charge is 0.271 e. The lowest BCUT2D eigenvalue weighted by Gasteiger charge is -2.01. The molecule has 6 heteroatoms. The number of carbonyl (C=O) groups is 1. The number of aromatic nitrogens is 3. The predicted molar refractivity (Wildman–Crippen MR) is 62.6 cm³/mol. The number of amides is 1. The van der Waals surface area contributed by atoms with E-state index >= 15 is 0 Å². The number of rotatable bonds is 3. The summed E-state index contributed by atoms with van der Waals surface area (Å²) in [5.74, 6) is -0.213. The highest BCUT2D eigenvalue weighted by molar-refractivity contribution is 5.91. The molecule has 0 aliphatic heterocycles. The van der Waals surface area contributed by atoms with Crippen LogP contribution in [0.2, 0.25) is 0 Å². The zero-order valence-corrected chi connectivity index (χ0v) is 9.42. The predicted octanol–water partition coefficient (Wildman–Crippen LogP) is 0.0856. The lowest BCUT2D eigenvalue weighted by molar-refractivity contribution is 0.0957. The molecule has 0 atom stereocenters. The number of pyridine rings is 1. The van der Waals surface area contributed by atoms with E-state index in [2.05, 4.69) is 15.4 Å². The topological polar surface area (TPSA) is 85.8 Å². The molecule has 0 bridgehead atoms. The summed E-state index contributed by atoms with van der Waals surface area (Å²) in [5, 5.41) is 6.66. The Hall–Kier alpha value is -2.21. The van der Waals surface area contributed by atoms with Gasteiger partial charge >= 0.3 is 0 Å². The number of nitrogens with two attached hydrogens (primary N) is 1. The van der Waals surface area contributed by atoms with Crippen LogP contribution >= 0.6 is 0 Å². The molecule has 0 saturated carbocycles. The van der Waals surface area contributed by atoms with Crippen molar-refractivity contribution in [2.45, 2.75) is 6.54 Å². The van der Waals surface area contributed by atoms with E-state index in [4.69, 9.17) is 5.73 Å². The van der Waals surface area contributed by atoms with E-state index in [-0.39, 0.29) is 5.91 Å². The van der Waals surface area contributed by atoms with Crippen molar-refractivity contribution in [1.29, 1.82) is 0 Å². The largest absolute Gasteiger partial charge is 0.354 e.